The number of rotatable bonds is 5. The minimum Gasteiger partial charge on any atom is -0.405 e. The van der Waals surface area contributed by atoms with Crippen LogP contribution in [0.5, 0.6) is 0 Å². The molecule has 0 radical (unpaired) electrons. The van der Waals surface area contributed by atoms with Crippen molar-refractivity contribution in [2.45, 2.75) is 31.7 Å². The maximum absolute atomic E-state index is 13.0. The number of carbonyl (C=O) groups is 2. The number of halogens is 1. The molecule has 1 aliphatic heterocycles. The van der Waals surface area contributed by atoms with Crippen molar-refractivity contribution >= 4 is 40.8 Å². The number of carbonyl (C=O) groups excluding carboxylic acids is 2. The van der Waals surface area contributed by atoms with E-state index < -0.39 is 0 Å². The highest BCUT2D eigenvalue weighted by Crippen LogP contribution is 2.27. The van der Waals surface area contributed by atoms with Crippen molar-refractivity contribution < 1.29 is 9.59 Å². The fraction of sp³-hybridized carbons (Fsp3) is 0.185. The average Bonchev–Trinajstić information content (AvgIpc) is 3.43. The van der Waals surface area contributed by atoms with Gasteiger partial charge >= 0.3 is 0 Å². The fourth-order valence-corrected chi connectivity index (χ4v) is 4.27. The SMILES string of the molecule is C=C1/C=C(\C=C/N)c2ccncc2NC(=O)CCCC[C@@H]1NC(=O)/C=C/c1cc(Cl)ccc1-n1cnnn1. The molecule has 2 amide bonds. The van der Waals surface area contributed by atoms with Crippen LogP contribution in [0.3, 0.4) is 0 Å². The highest BCUT2D eigenvalue weighted by atomic mass is 35.5. The summed E-state index contributed by atoms with van der Waals surface area (Å²) in [6, 6.07) is 6.65. The van der Waals surface area contributed by atoms with Crippen LogP contribution in [0.1, 0.15) is 36.8 Å². The van der Waals surface area contributed by atoms with Crippen LogP contribution in [0.2, 0.25) is 5.02 Å². The van der Waals surface area contributed by atoms with Gasteiger partial charge in [-0.05, 0) is 83.1 Å². The topological polar surface area (TPSA) is 141 Å². The Balaban J connectivity index is 1.59. The lowest BCUT2D eigenvalue weighted by atomic mass is 9.95. The lowest BCUT2D eigenvalue weighted by molar-refractivity contribution is -0.117. The van der Waals surface area contributed by atoms with Gasteiger partial charge in [0, 0.05) is 34.8 Å². The maximum Gasteiger partial charge on any atom is 0.244 e. The predicted molar refractivity (Wildman–Crippen MR) is 147 cm³/mol. The van der Waals surface area contributed by atoms with Crippen LogP contribution in [0, 0.1) is 0 Å². The van der Waals surface area contributed by atoms with E-state index in [1.165, 1.54) is 23.3 Å². The van der Waals surface area contributed by atoms with Gasteiger partial charge in [0.2, 0.25) is 11.8 Å². The molecule has 2 aromatic heterocycles. The van der Waals surface area contributed by atoms with Gasteiger partial charge in [0.15, 0.2) is 0 Å². The largest absolute Gasteiger partial charge is 0.405 e. The van der Waals surface area contributed by atoms with Gasteiger partial charge in [-0.2, -0.15) is 4.68 Å². The zero-order chi connectivity index (χ0) is 26.9. The molecule has 10 nitrogen and oxygen atoms in total. The van der Waals surface area contributed by atoms with Crippen molar-refractivity contribution in [1.82, 2.24) is 30.5 Å². The summed E-state index contributed by atoms with van der Waals surface area (Å²) in [5, 5.41) is 17.7. The third kappa shape index (κ3) is 6.80. The number of anilines is 1. The molecular weight excluding hydrogens is 504 g/mol. The summed E-state index contributed by atoms with van der Waals surface area (Å²) in [7, 11) is 0. The zero-order valence-corrected chi connectivity index (χ0v) is 21.3. The van der Waals surface area contributed by atoms with Crippen LogP contribution >= 0.6 is 11.6 Å². The van der Waals surface area contributed by atoms with E-state index in [9.17, 15) is 9.59 Å². The standard InChI is InChI=1S/C27H27ClN8O2/c1-18-14-19(10-12-29)22-11-13-30-16-24(22)33-26(37)5-3-2-4-23(18)32-27(38)9-6-20-15-21(28)7-8-25(20)36-17-31-34-35-36/h6-17,23H,1-5,29H2,(H,32,38)(H,33,37)/b9-6+,12-10-,19-14+/t23-/m0/s1. The summed E-state index contributed by atoms with van der Waals surface area (Å²) in [4.78, 5) is 29.6. The first kappa shape index (κ1) is 26.5. The van der Waals surface area contributed by atoms with E-state index in [1.54, 1.807) is 48.8 Å². The van der Waals surface area contributed by atoms with E-state index in [4.69, 9.17) is 17.3 Å². The van der Waals surface area contributed by atoms with E-state index in [1.807, 2.05) is 6.08 Å². The molecule has 0 saturated heterocycles. The van der Waals surface area contributed by atoms with Gasteiger partial charge in [-0.25, -0.2) is 0 Å². The molecule has 0 spiro atoms. The Labute approximate surface area is 225 Å². The molecule has 0 unspecified atom stereocenters. The Hall–Kier alpha value is -4.57. The van der Waals surface area contributed by atoms with Gasteiger partial charge in [0.05, 0.1) is 23.6 Å². The maximum atomic E-state index is 13.0. The van der Waals surface area contributed by atoms with Gasteiger partial charge in [0.1, 0.15) is 6.33 Å². The van der Waals surface area contributed by atoms with E-state index in [-0.39, 0.29) is 17.9 Å². The molecule has 0 aliphatic carbocycles. The number of allylic oxidation sites excluding steroid dienone is 2. The van der Waals surface area contributed by atoms with Gasteiger partial charge < -0.3 is 16.4 Å². The van der Waals surface area contributed by atoms with Gasteiger partial charge in [-0.15, -0.1) is 5.10 Å². The molecule has 1 atom stereocenters. The third-order valence-electron chi connectivity index (χ3n) is 5.93. The van der Waals surface area contributed by atoms with Crippen LogP contribution in [-0.2, 0) is 9.59 Å². The Morgan fingerprint density at radius 1 is 1.26 bits per heavy atom. The smallest absolute Gasteiger partial charge is 0.244 e. The molecule has 4 N–H and O–H groups in total. The summed E-state index contributed by atoms with van der Waals surface area (Å²) >= 11 is 6.18. The van der Waals surface area contributed by atoms with Crippen molar-refractivity contribution in [3.63, 3.8) is 0 Å². The number of fused-ring (bicyclic) bond motifs is 1. The molecule has 0 bridgehead atoms. The van der Waals surface area contributed by atoms with Crippen molar-refractivity contribution in [2.75, 3.05) is 5.32 Å². The quantitative estimate of drug-likeness (QED) is 0.426. The zero-order valence-electron chi connectivity index (χ0n) is 20.5. The Morgan fingerprint density at radius 2 is 2.13 bits per heavy atom. The normalized spacial score (nSPS) is 18.2. The van der Waals surface area contributed by atoms with Gasteiger partial charge in [-0.3, -0.25) is 14.6 Å². The molecule has 0 saturated carbocycles. The minimum atomic E-state index is -0.362. The number of hydrogen-bond acceptors (Lipinski definition) is 7. The first-order valence-corrected chi connectivity index (χ1v) is 12.4. The summed E-state index contributed by atoms with van der Waals surface area (Å²) < 4.78 is 1.49. The van der Waals surface area contributed by atoms with E-state index in [2.05, 4.69) is 37.7 Å². The van der Waals surface area contributed by atoms with Crippen LogP contribution in [0.15, 0.2) is 79.6 Å². The van der Waals surface area contributed by atoms with Crippen LogP contribution in [-0.4, -0.2) is 43.0 Å². The molecule has 194 valence electrons. The fourth-order valence-electron chi connectivity index (χ4n) is 4.09. The predicted octanol–water partition coefficient (Wildman–Crippen LogP) is 3.83. The summed E-state index contributed by atoms with van der Waals surface area (Å²) in [6.45, 7) is 4.24. The third-order valence-corrected chi connectivity index (χ3v) is 6.17. The van der Waals surface area contributed by atoms with Gasteiger partial charge in [-0.1, -0.05) is 24.6 Å². The molecule has 1 aromatic carbocycles. The summed E-state index contributed by atoms with van der Waals surface area (Å²) in [5.41, 5.74) is 9.82. The second-order valence-electron chi connectivity index (χ2n) is 8.60. The number of hydrogen-bond donors (Lipinski definition) is 3. The molecule has 11 heteroatoms. The van der Waals surface area contributed by atoms with E-state index in [0.717, 1.165) is 11.1 Å². The average molecular weight is 531 g/mol. The molecule has 38 heavy (non-hydrogen) atoms. The molecule has 3 heterocycles. The van der Waals surface area contributed by atoms with Crippen molar-refractivity contribution in [3.05, 3.63) is 95.7 Å². The monoisotopic (exact) mass is 530 g/mol. The van der Waals surface area contributed by atoms with Crippen LogP contribution in [0.25, 0.3) is 17.3 Å². The lowest BCUT2D eigenvalue weighted by Crippen LogP contribution is -2.34. The first-order valence-electron chi connectivity index (χ1n) is 12.0. The highest BCUT2D eigenvalue weighted by Gasteiger charge is 2.17. The number of benzene rings is 1. The van der Waals surface area contributed by atoms with Crippen molar-refractivity contribution in [1.29, 1.82) is 0 Å². The number of amides is 2. The van der Waals surface area contributed by atoms with Crippen molar-refractivity contribution in [3.8, 4) is 5.69 Å². The number of pyridine rings is 1. The Kier molecular flexibility index (Phi) is 8.78. The molecule has 1 aliphatic rings. The number of tetrazole rings is 1. The van der Waals surface area contributed by atoms with E-state index in [0.29, 0.717) is 53.2 Å². The number of nitrogens with zero attached hydrogens (tertiary/aromatic N) is 5. The summed E-state index contributed by atoms with van der Waals surface area (Å²) in [5.74, 6) is -0.407. The second-order valence-corrected chi connectivity index (χ2v) is 9.04. The molecule has 3 aromatic rings. The number of nitrogens with one attached hydrogen (secondary N) is 2. The van der Waals surface area contributed by atoms with Crippen LogP contribution in [0.4, 0.5) is 5.69 Å². The van der Waals surface area contributed by atoms with Crippen molar-refractivity contribution in [2.24, 2.45) is 5.73 Å². The lowest BCUT2D eigenvalue weighted by Gasteiger charge is -2.21. The van der Waals surface area contributed by atoms with Gasteiger partial charge in [0.25, 0.3) is 0 Å². The molecular formula is C27H27ClN8O2. The Bertz CT molecular complexity index is 1410. The minimum absolute atomic E-state index is 0.0989. The molecule has 4 rings (SSSR count). The van der Waals surface area contributed by atoms with Crippen LogP contribution < -0.4 is 16.4 Å². The summed E-state index contributed by atoms with van der Waals surface area (Å²) in [6.07, 6.45) is 15.1. The Morgan fingerprint density at radius 3 is 2.92 bits per heavy atom. The first-order chi connectivity index (χ1) is 18.4. The number of nitrogens with two attached hydrogens (primary N) is 1. The molecule has 0 fully saturated rings. The number of aromatic nitrogens is 5. The second kappa shape index (κ2) is 12.6. The van der Waals surface area contributed by atoms with E-state index >= 15 is 0 Å². The highest BCUT2D eigenvalue weighted by molar-refractivity contribution is 6.30.